The van der Waals surface area contributed by atoms with Crippen LogP contribution in [-0.4, -0.2) is 20.6 Å². The number of rotatable bonds is 6. The highest BCUT2D eigenvalue weighted by Gasteiger charge is 2.13. The second kappa shape index (κ2) is 6.99. The molecular weight excluding hydrogens is 271 g/mol. The van der Waals surface area contributed by atoms with Gasteiger partial charge < -0.3 is 10.6 Å². The van der Waals surface area contributed by atoms with E-state index in [-0.39, 0.29) is 11.9 Å². The number of hydrogen-bond donors (Lipinski definition) is 2. The number of nitrogens with one attached hydrogen (secondary N) is 2. The van der Waals surface area contributed by atoms with Crippen LogP contribution in [0.1, 0.15) is 24.4 Å². The SMILES string of the molecule is CNCCCC(NC)c1cc(Br)ccc1F. The predicted molar refractivity (Wildman–Crippen MR) is 69.1 cm³/mol. The van der Waals surface area contributed by atoms with E-state index in [0.29, 0.717) is 0 Å². The molecule has 1 aromatic carbocycles. The van der Waals surface area contributed by atoms with Crippen molar-refractivity contribution in [1.82, 2.24) is 10.6 Å². The van der Waals surface area contributed by atoms with E-state index in [0.717, 1.165) is 29.4 Å². The number of hydrogen-bond acceptors (Lipinski definition) is 2. The maximum atomic E-state index is 13.6. The molecule has 0 spiro atoms. The quantitative estimate of drug-likeness (QED) is 0.787. The van der Waals surface area contributed by atoms with Gasteiger partial charge in [0.25, 0.3) is 0 Å². The largest absolute Gasteiger partial charge is 0.320 e. The Hall–Kier alpha value is -0.450. The summed E-state index contributed by atoms with van der Waals surface area (Å²) in [6.07, 6.45) is 1.94. The van der Waals surface area contributed by atoms with E-state index in [2.05, 4.69) is 26.6 Å². The van der Waals surface area contributed by atoms with E-state index in [9.17, 15) is 4.39 Å². The smallest absolute Gasteiger partial charge is 0.128 e. The molecule has 16 heavy (non-hydrogen) atoms. The van der Waals surface area contributed by atoms with Crippen LogP contribution >= 0.6 is 15.9 Å². The topological polar surface area (TPSA) is 24.1 Å². The number of benzene rings is 1. The Labute approximate surface area is 105 Å². The zero-order valence-electron chi connectivity index (χ0n) is 9.69. The minimum Gasteiger partial charge on any atom is -0.320 e. The maximum Gasteiger partial charge on any atom is 0.128 e. The lowest BCUT2D eigenvalue weighted by Gasteiger charge is -2.17. The zero-order chi connectivity index (χ0) is 12.0. The summed E-state index contributed by atoms with van der Waals surface area (Å²) >= 11 is 3.37. The van der Waals surface area contributed by atoms with Crippen LogP contribution in [0.3, 0.4) is 0 Å². The molecule has 0 heterocycles. The third kappa shape index (κ3) is 3.85. The van der Waals surface area contributed by atoms with Crippen molar-refractivity contribution in [3.63, 3.8) is 0 Å². The average molecular weight is 289 g/mol. The summed E-state index contributed by atoms with van der Waals surface area (Å²) in [4.78, 5) is 0. The minimum atomic E-state index is -0.146. The molecule has 2 N–H and O–H groups in total. The molecule has 90 valence electrons. The molecule has 0 aliphatic heterocycles. The van der Waals surface area contributed by atoms with Crippen molar-refractivity contribution < 1.29 is 4.39 Å². The Kier molecular flexibility index (Phi) is 5.95. The van der Waals surface area contributed by atoms with Crippen molar-refractivity contribution in [3.8, 4) is 0 Å². The fourth-order valence-corrected chi connectivity index (χ4v) is 2.10. The molecule has 0 fully saturated rings. The highest BCUT2D eigenvalue weighted by Crippen LogP contribution is 2.24. The highest BCUT2D eigenvalue weighted by atomic mass is 79.9. The Morgan fingerprint density at radius 2 is 2.12 bits per heavy atom. The Morgan fingerprint density at radius 3 is 2.75 bits per heavy atom. The van der Waals surface area contributed by atoms with E-state index >= 15 is 0 Å². The van der Waals surface area contributed by atoms with Gasteiger partial charge in [-0.2, -0.15) is 0 Å². The van der Waals surface area contributed by atoms with Gasteiger partial charge in [0.15, 0.2) is 0 Å². The highest BCUT2D eigenvalue weighted by molar-refractivity contribution is 9.10. The van der Waals surface area contributed by atoms with Gasteiger partial charge in [-0.25, -0.2) is 4.39 Å². The monoisotopic (exact) mass is 288 g/mol. The lowest BCUT2D eigenvalue weighted by molar-refractivity contribution is 0.489. The molecule has 2 nitrogen and oxygen atoms in total. The molecule has 4 heteroatoms. The third-order valence-corrected chi connectivity index (χ3v) is 3.09. The van der Waals surface area contributed by atoms with Crippen LogP contribution < -0.4 is 10.6 Å². The fourth-order valence-electron chi connectivity index (χ4n) is 1.72. The Balaban J connectivity index is 2.73. The van der Waals surface area contributed by atoms with Crippen molar-refractivity contribution >= 4 is 15.9 Å². The van der Waals surface area contributed by atoms with Crippen LogP contribution in [0, 0.1) is 5.82 Å². The van der Waals surface area contributed by atoms with Crippen LogP contribution in [0.2, 0.25) is 0 Å². The molecule has 0 bridgehead atoms. The van der Waals surface area contributed by atoms with Crippen LogP contribution in [-0.2, 0) is 0 Å². The van der Waals surface area contributed by atoms with Gasteiger partial charge >= 0.3 is 0 Å². The van der Waals surface area contributed by atoms with Gasteiger partial charge in [-0.05, 0) is 51.7 Å². The normalized spacial score (nSPS) is 12.8. The van der Waals surface area contributed by atoms with Gasteiger partial charge in [-0.15, -0.1) is 0 Å². The molecule has 1 unspecified atom stereocenters. The minimum absolute atomic E-state index is 0.0749. The summed E-state index contributed by atoms with van der Waals surface area (Å²) in [5.41, 5.74) is 0.730. The molecule has 1 aromatic rings. The first-order chi connectivity index (χ1) is 7.69. The van der Waals surface area contributed by atoms with Crippen molar-refractivity contribution in [2.75, 3.05) is 20.6 Å². The van der Waals surface area contributed by atoms with E-state index in [4.69, 9.17) is 0 Å². The first-order valence-electron chi connectivity index (χ1n) is 5.46. The van der Waals surface area contributed by atoms with E-state index in [1.807, 2.05) is 20.2 Å². The van der Waals surface area contributed by atoms with Gasteiger partial charge in [-0.3, -0.25) is 0 Å². The van der Waals surface area contributed by atoms with E-state index in [1.54, 1.807) is 6.07 Å². The second-order valence-electron chi connectivity index (χ2n) is 3.75. The van der Waals surface area contributed by atoms with Gasteiger partial charge in [0.05, 0.1) is 0 Å². The van der Waals surface area contributed by atoms with Crippen LogP contribution in [0.4, 0.5) is 4.39 Å². The molecule has 0 aromatic heterocycles. The summed E-state index contributed by atoms with van der Waals surface area (Å²) in [5, 5.41) is 6.25. The predicted octanol–water partition coefficient (Wildman–Crippen LogP) is 2.85. The lowest BCUT2D eigenvalue weighted by Crippen LogP contribution is -2.19. The molecule has 0 aliphatic carbocycles. The zero-order valence-corrected chi connectivity index (χ0v) is 11.3. The molecule has 0 saturated carbocycles. The third-order valence-electron chi connectivity index (χ3n) is 2.60. The summed E-state index contributed by atoms with van der Waals surface area (Å²) in [5.74, 6) is -0.146. The molecule has 0 amide bonds. The van der Waals surface area contributed by atoms with Crippen molar-refractivity contribution in [3.05, 3.63) is 34.1 Å². The second-order valence-corrected chi connectivity index (χ2v) is 4.67. The molecule has 0 aliphatic rings. The lowest BCUT2D eigenvalue weighted by atomic mass is 10.0. The maximum absolute atomic E-state index is 13.6. The molecular formula is C12H18BrFN2. The average Bonchev–Trinajstić information content (AvgIpc) is 2.28. The van der Waals surface area contributed by atoms with Crippen LogP contribution in [0.15, 0.2) is 22.7 Å². The Morgan fingerprint density at radius 1 is 1.38 bits per heavy atom. The Bertz CT molecular complexity index is 331. The van der Waals surface area contributed by atoms with Gasteiger partial charge in [-0.1, -0.05) is 15.9 Å². The summed E-state index contributed by atoms with van der Waals surface area (Å²) < 4.78 is 14.6. The van der Waals surface area contributed by atoms with Gasteiger partial charge in [0, 0.05) is 16.1 Å². The molecule has 0 radical (unpaired) electrons. The summed E-state index contributed by atoms with van der Waals surface area (Å²) in [7, 11) is 3.79. The van der Waals surface area contributed by atoms with Gasteiger partial charge in [0.1, 0.15) is 5.82 Å². The van der Waals surface area contributed by atoms with Gasteiger partial charge in [0.2, 0.25) is 0 Å². The summed E-state index contributed by atoms with van der Waals surface area (Å²) in [6.45, 7) is 0.952. The molecule has 1 atom stereocenters. The van der Waals surface area contributed by atoms with E-state index in [1.165, 1.54) is 6.07 Å². The van der Waals surface area contributed by atoms with Crippen molar-refractivity contribution in [2.24, 2.45) is 0 Å². The first kappa shape index (κ1) is 13.6. The van der Waals surface area contributed by atoms with Crippen molar-refractivity contribution in [2.45, 2.75) is 18.9 Å². The van der Waals surface area contributed by atoms with E-state index < -0.39 is 0 Å². The molecule has 0 saturated heterocycles. The first-order valence-corrected chi connectivity index (χ1v) is 6.25. The fraction of sp³-hybridized carbons (Fsp3) is 0.500. The van der Waals surface area contributed by atoms with Crippen LogP contribution in [0.25, 0.3) is 0 Å². The standard InChI is InChI=1S/C12H18BrFN2/c1-15-7-3-4-12(16-2)10-8-9(13)5-6-11(10)14/h5-6,8,12,15-16H,3-4,7H2,1-2H3. The summed E-state index contributed by atoms with van der Waals surface area (Å²) in [6, 6.07) is 5.14. The number of halogens is 2. The van der Waals surface area contributed by atoms with Crippen molar-refractivity contribution in [1.29, 1.82) is 0 Å². The molecule has 1 rings (SSSR count). The van der Waals surface area contributed by atoms with Crippen LogP contribution in [0.5, 0.6) is 0 Å².